The van der Waals surface area contributed by atoms with Crippen LogP contribution >= 0.6 is 0 Å². The fraction of sp³-hybridized carbons (Fsp3) is 0.556. The number of furan rings is 1. The molecule has 114 valence electrons. The summed E-state index contributed by atoms with van der Waals surface area (Å²) in [6, 6.07) is 9.01. The third kappa shape index (κ3) is 3.24. The molecule has 0 bridgehead atoms. The lowest BCUT2D eigenvalue weighted by Gasteiger charge is -2.20. The molecule has 0 amide bonds. The van der Waals surface area contributed by atoms with Crippen molar-refractivity contribution in [1.29, 1.82) is 0 Å². The van der Waals surface area contributed by atoms with Crippen molar-refractivity contribution in [2.24, 2.45) is 0 Å². The third-order valence-corrected chi connectivity index (χ3v) is 4.51. The van der Waals surface area contributed by atoms with Gasteiger partial charge in [0.15, 0.2) is 11.3 Å². The van der Waals surface area contributed by atoms with Crippen LogP contribution < -0.4 is 10.1 Å². The van der Waals surface area contributed by atoms with Crippen LogP contribution in [0.5, 0.6) is 5.75 Å². The Kier molecular flexibility index (Phi) is 4.49. The predicted molar refractivity (Wildman–Crippen MR) is 85.8 cm³/mol. The monoisotopic (exact) mass is 287 g/mol. The highest BCUT2D eigenvalue weighted by atomic mass is 16.5. The summed E-state index contributed by atoms with van der Waals surface area (Å²) in [4.78, 5) is 0. The lowest BCUT2D eigenvalue weighted by atomic mass is 10.1. The van der Waals surface area contributed by atoms with Crippen molar-refractivity contribution in [1.82, 2.24) is 5.32 Å². The van der Waals surface area contributed by atoms with Crippen LogP contribution in [-0.4, -0.2) is 13.2 Å². The number of hydrogen-bond acceptors (Lipinski definition) is 3. The molecular formula is C18H25NO2. The lowest BCUT2D eigenvalue weighted by molar-refractivity contribution is 0.367. The summed E-state index contributed by atoms with van der Waals surface area (Å²) in [6.07, 6.45) is 8.03. The number of fused-ring (bicyclic) bond motifs is 1. The number of hydrogen-bond donors (Lipinski definition) is 1. The Morgan fingerprint density at radius 1 is 1.19 bits per heavy atom. The first-order valence-electron chi connectivity index (χ1n) is 8.10. The second-order valence-electron chi connectivity index (χ2n) is 6.10. The van der Waals surface area contributed by atoms with Crippen molar-refractivity contribution in [3.8, 4) is 5.75 Å². The van der Waals surface area contributed by atoms with Crippen LogP contribution in [0, 0.1) is 0 Å². The summed E-state index contributed by atoms with van der Waals surface area (Å²) in [5, 5.41) is 4.85. The number of methoxy groups -OCH3 is 1. The molecule has 1 saturated carbocycles. The maximum atomic E-state index is 6.04. The van der Waals surface area contributed by atoms with Crippen LogP contribution in [0.15, 0.2) is 28.7 Å². The van der Waals surface area contributed by atoms with Gasteiger partial charge >= 0.3 is 0 Å². The molecule has 1 unspecified atom stereocenters. The van der Waals surface area contributed by atoms with E-state index in [0.717, 1.165) is 22.5 Å². The SMILES string of the molecule is COc1cccc2cc(C(C)NC3CCCCCC3)oc12. The van der Waals surface area contributed by atoms with E-state index >= 15 is 0 Å². The quantitative estimate of drug-likeness (QED) is 0.819. The molecule has 0 aliphatic heterocycles. The van der Waals surface area contributed by atoms with Crippen molar-refractivity contribution in [3.05, 3.63) is 30.0 Å². The fourth-order valence-electron chi connectivity index (χ4n) is 3.31. The van der Waals surface area contributed by atoms with Gasteiger partial charge in [0.05, 0.1) is 13.2 Å². The number of benzene rings is 1. The van der Waals surface area contributed by atoms with Gasteiger partial charge in [-0.25, -0.2) is 0 Å². The maximum absolute atomic E-state index is 6.04. The number of nitrogens with one attached hydrogen (secondary N) is 1. The van der Waals surface area contributed by atoms with E-state index in [-0.39, 0.29) is 6.04 Å². The number of para-hydroxylation sites is 1. The normalized spacial score (nSPS) is 18.6. The van der Waals surface area contributed by atoms with Gasteiger partial charge in [-0.2, -0.15) is 0 Å². The molecule has 1 fully saturated rings. The smallest absolute Gasteiger partial charge is 0.176 e. The Morgan fingerprint density at radius 2 is 1.95 bits per heavy atom. The van der Waals surface area contributed by atoms with Crippen LogP contribution in [0.25, 0.3) is 11.0 Å². The second-order valence-corrected chi connectivity index (χ2v) is 6.10. The standard InChI is InChI=1S/C18H25NO2/c1-13(19-15-9-5-3-4-6-10-15)17-12-14-8-7-11-16(20-2)18(14)21-17/h7-8,11-13,15,19H,3-6,9-10H2,1-2H3. The van der Waals surface area contributed by atoms with E-state index in [0.29, 0.717) is 6.04 Å². The fourth-order valence-corrected chi connectivity index (χ4v) is 3.31. The zero-order chi connectivity index (χ0) is 14.7. The Morgan fingerprint density at radius 3 is 2.67 bits per heavy atom. The minimum absolute atomic E-state index is 0.241. The van der Waals surface area contributed by atoms with Gasteiger partial charge in [0, 0.05) is 11.4 Å². The number of ether oxygens (including phenoxy) is 1. The molecule has 3 rings (SSSR count). The molecule has 1 aromatic heterocycles. The highest BCUT2D eigenvalue weighted by Gasteiger charge is 2.18. The molecule has 0 radical (unpaired) electrons. The molecule has 1 aliphatic carbocycles. The molecule has 1 N–H and O–H groups in total. The summed E-state index contributed by atoms with van der Waals surface area (Å²) >= 11 is 0. The van der Waals surface area contributed by atoms with Crippen molar-refractivity contribution < 1.29 is 9.15 Å². The van der Waals surface area contributed by atoms with Gasteiger partial charge < -0.3 is 14.5 Å². The van der Waals surface area contributed by atoms with Gasteiger partial charge in [-0.1, -0.05) is 37.8 Å². The van der Waals surface area contributed by atoms with Crippen molar-refractivity contribution in [2.75, 3.05) is 7.11 Å². The predicted octanol–water partition coefficient (Wildman–Crippen LogP) is 4.81. The lowest BCUT2D eigenvalue weighted by Crippen LogP contribution is -2.30. The molecule has 1 aromatic carbocycles. The Bertz CT molecular complexity index is 582. The van der Waals surface area contributed by atoms with Crippen molar-refractivity contribution in [2.45, 2.75) is 57.5 Å². The van der Waals surface area contributed by atoms with Crippen LogP contribution in [0.2, 0.25) is 0 Å². The van der Waals surface area contributed by atoms with Crippen LogP contribution in [-0.2, 0) is 0 Å². The molecule has 3 nitrogen and oxygen atoms in total. The largest absolute Gasteiger partial charge is 0.493 e. The van der Waals surface area contributed by atoms with Crippen molar-refractivity contribution in [3.63, 3.8) is 0 Å². The van der Waals surface area contributed by atoms with Crippen molar-refractivity contribution >= 4 is 11.0 Å². The first kappa shape index (κ1) is 14.5. The van der Waals surface area contributed by atoms with E-state index in [2.05, 4.69) is 24.4 Å². The third-order valence-electron chi connectivity index (χ3n) is 4.51. The zero-order valence-corrected chi connectivity index (χ0v) is 13.0. The average molecular weight is 287 g/mol. The molecule has 0 spiro atoms. The van der Waals surface area contributed by atoms with Crippen LogP contribution in [0.1, 0.15) is 57.3 Å². The van der Waals surface area contributed by atoms with Gasteiger partial charge in [0.25, 0.3) is 0 Å². The van der Waals surface area contributed by atoms with Gasteiger partial charge in [0.1, 0.15) is 5.76 Å². The van der Waals surface area contributed by atoms with Crippen LogP contribution in [0.4, 0.5) is 0 Å². The first-order valence-corrected chi connectivity index (χ1v) is 8.10. The van der Waals surface area contributed by atoms with E-state index in [1.807, 2.05) is 12.1 Å². The molecule has 0 saturated heterocycles. The zero-order valence-electron chi connectivity index (χ0n) is 13.0. The minimum atomic E-state index is 0.241. The highest BCUT2D eigenvalue weighted by molar-refractivity contribution is 5.83. The number of rotatable bonds is 4. The van der Waals surface area contributed by atoms with Gasteiger partial charge in [-0.3, -0.25) is 0 Å². The summed E-state index contributed by atoms with van der Waals surface area (Å²) in [5.74, 6) is 1.80. The van der Waals surface area contributed by atoms with E-state index in [9.17, 15) is 0 Å². The maximum Gasteiger partial charge on any atom is 0.176 e. The highest BCUT2D eigenvalue weighted by Crippen LogP contribution is 2.31. The molecule has 2 aromatic rings. The Labute approximate surface area is 126 Å². The molecule has 21 heavy (non-hydrogen) atoms. The molecule has 1 heterocycles. The van der Waals surface area contributed by atoms with E-state index < -0.39 is 0 Å². The topological polar surface area (TPSA) is 34.4 Å². The minimum Gasteiger partial charge on any atom is -0.493 e. The van der Waals surface area contributed by atoms with E-state index in [4.69, 9.17) is 9.15 Å². The van der Waals surface area contributed by atoms with E-state index in [1.165, 1.54) is 38.5 Å². The molecular weight excluding hydrogens is 262 g/mol. The van der Waals surface area contributed by atoms with Crippen LogP contribution in [0.3, 0.4) is 0 Å². The average Bonchev–Trinajstić information content (AvgIpc) is 2.78. The Balaban J connectivity index is 1.76. The van der Waals surface area contributed by atoms with Gasteiger partial charge in [-0.05, 0) is 31.9 Å². The molecule has 1 aliphatic rings. The van der Waals surface area contributed by atoms with Gasteiger partial charge in [-0.15, -0.1) is 0 Å². The summed E-state index contributed by atoms with van der Waals surface area (Å²) < 4.78 is 11.4. The summed E-state index contributed by atoms with van der Waals surface area (Å²) in [7, 11) is 1.68. The second kappa shape index (κ2) is 6.52. The van der Waals surface area contributed by atoms with Gasteiger partial charge in [0.2, 0.25) is 0 Å². The van der Waals surface area contributed by atoms with E-state index in [1.54, 1.807) is 7.11 Å². The summed E-state index contributed by atoms with van der Waals surface area (Å²) in [5.41, 5.74) is 0.851. The molecule has 3 heteroatoms. The molecule has 1 atom stereocenters. The Hall–Kier alpha value is -1.48. The first-order chi connectivity index (χ1) is 10.3. The summed E-state index contributed by atoms with van der Waals surface area (Å²) in [6.45, 7) is 2.19.